The number of nitrogens with one attached hydrogen (secondary N) is 1. The molecular formula is C17H22N4O3. The first-order valence-corrected chi connectivity index (χ1v) is 8.60. The molecule has 0 radical (unpaired) electrons. The number of rotatable bonds is 5. The summed E-state index contributed by atoms with van der Waals surface area (Å²) in [6.07, 6.45) is 7.37. The molecule has 1 saturated carbocycles. The first kappa shape index (κ1) is 15.4. The third-order valence-electron chi connectivity index (χ3n) is 4.93. The topological polar surface area (TPSA) is 82.2 Å². The summed E-state index contributed by atoms with van der Waals surface area (Å²) in [4.78, 5) is 16.8. The van der Waals surface area contributed by atoms with Crippen molar-refractivity contribution < 1.29 is 13.9 Å². The standard InChI is InChI=1S/C17H22N4O3/c1-11(12-2-3-12)21-15(4-7-18-21)20-16(22)14-10-24-17(19-14)13-5-8-23-9-6-13/h4,7,10-13H,2-3,5-6,8-9H2,1H3,(H,20,22). The quantitative estimate of drug-likeness (QED) is 0.911. The third-order valence-corrected chi connectivity index (χ3v) is 4.93. The number of carbonyl (C=O) groups is 1. The van der Waals surface area contributed by atoms with Gasteiger partial charge in [0.05, 0.1) is 12.2 Å². The van der Waals surface area contributed by atoms with Crippen LogP contribution in [0.15, 0.2) is 22.9 Å². The SMILES string of the molecule is CC(C1CC1)n1nccc1NC(=O)c1coc(C2CCOCC2)n1. The van der Waals surface area contributed by atoms with Crippen LogP contribution in [-0.4, -0.2) is 33.9 Å². The molecule has 4 rings (SSSR count). The van der Waals surface area contributed by atoms with Crippen LogP contribution in [-0.2, 0) is 4.74 Å². The van der Waals surface area contributed by atoms with Gasteiger partial charge in [-0.2, -0.15) is 5.10 Å². The number of carbonyl (C=O) groups excluding carboxylic acids is 1. The Hall–Kier alpha value is -2.15. The Balaban J connectivity index is 1.45. The average Bonchev–Trinajstić information content (AvgIpc) is 3.16. The molecule has 0 bridgehead atoms. The molecule has 1 atom stereocenters. The zero-order valence-corrected chi connectivity index (χ0v) is 13.8. The average molecular weight is 330 g/mol. The van der Waals surface area contributed by atoms with Crippen LogP contribution in [0.1, 0.15) is 60.9 Å². The van der Waals surface area contributed by atoms with E-state index in [9.17, 15) is 4.79 Å². The highest BCUT2D eigenvalue weighted by Crippen LogP contribution is 2.40. The molecule has 1 aliphatic carbocycles. The first-order chi connectivity index (χ1) is 11.7. The highest BCUT2D eigenvalue weighted by Gasteiger charge is 2.31. The summed E-state index contributed by atoms with van der Waals surface area (Å²) in [6.45, 7) is 3.57. The van der Waals surface area contributed by atoms with Crippen LogP contribution in [0.5, 0.6) is 0 Å². The normalized spacial score (nSPS) is 20.0. The zero-order chi connectivity index (χ0) is 16.5. The first-order valence-electron chi connectivity index (χ1n) is 8.60. The van der Waals surface area contributed by atoms with E-state index in [1.165, 1.54) is 19.1 Å². The van der Waals surface area contributed by atoms with Gasteiger partial charge in [-0.05, 0) is 38.5 Å². The van der Waals surface area contributed by atoms with Crippen molar-refractivity contribution in [3.05, 3.63) is 30.1 Å². The summed E-state index contributed by atoms with van der Waals surface area (Å²) in [5, 5.41) is 7.25. The van der Waals surface area contributed by atoms with Gasteiger partial charge in [-0.15, -0.1) is 0 Å². The van der Waals surface area contributed by atoms with Crippen LogP contribution in [0.25, 0.3) is 0 Å². The van der Waals surface area contributed by atoms with Crippen LogP contribution in [0.4, 0.5) is 5.82 Å². The van der Waals surface area contributed by atoms with E-state index in [0.29, 0.717) is 42.6 Å². The van der Waals surface area contributed by atoms with Crippen molar-refractivity contribution in [1.82, 2.24) is 14.8 Å². The highest BCUT2D eigenvalue weighted by molar-refractivity contribution is 6.02. The number of hydrogen-bond donors (Lipinski definition) is 1. The second-order valence-electron chi connectivity index (χ2n) is 6.65. The van der Waals surface area contributed by atoms with Gasteiger partial charge in [0.2, 0.25) is 0 Å². The predicted molar refractivity (Wildman–Crippen MR) is 86.9 cm³/mol. The fraction of sp³-hybridized carbons (Fsp3) is 0.588. The molecule has 1 aliphatic heterocycles. The highest BCUT2D eigenvalue weighted by atomic mass is 16.5. The van der Waals surface area contributed by atoms with Gasteiger partial charge < -0.3 is 14.5 Å². The van der Waals surface area contributed by atoms with Crippen LogP contribution >= 0.6 is 0 Å². The molecule has 1 unspecified atom stereocenters. The minimum atomic E-state index is -0.262. The molecule has 0 spiro atoms. The van der Waals surface area contributed by atoms with E-state index in [2.05, 4.69) is 22.3 Å². The second-order valence-corrected chi connectivity index (χ2v) is 6.65. The zero-order valence-electron chi connectivity index (χ0n) is 13.8. The Bertz CT molecular complexity index is 713. The molecule has 2 aromatic rings. The van der Waals surface area contributed by atoms with Gasteiger partial charge >= 0.3 is 0 Å². The van der Waals surface area contributed by atoms with Gasteiger partial charge in [-0.3, -0.25) is 4.79 Å². The molecule has 2 aliphatic rings. The minimum Gasteiger partial charge on any atom is -0.448 e. The van der Waals surface area contributed by atoms with E-state index in [4.69, 9.17) is 9.15 Å². The Morgan fingerprint density at radius 3 is 2.88 bits per heavy atom. The van der Waals surface area contributed by atoms with Crippen molar-refractivity contribution >= 4 is 11.7 Å². The van der Waals surface area contributed by atoms with E-state index < -0.39 is 0 Å². The molecule has 2 fully saturated rings. The number of amides is 1. The lowest BCUT2D eigenvalue weighted by molar-refractivity contribution is 0.0794. The fourth-order valence-electron chi connectivity index (χ4n) is 3.22. The number of hydrogen-bond acceptors (Lipinski definition) is 5. The van der Waals surface area contributed by atoms with E-state index in [1.807, 2.05) is 10.7 Å². The summed E-state index contributed by atoms with van der Waals surface area (Å²) < 4.78 is 12.8. The largest absolute Gasteiger partial charge is 0.448 e. The van der Waals surface area contributed by atoms with Gasteiger partial charge in [0, 0.05) is 25.2 Å². The smallest absolute Gasteiger partial charge is 0.278 e. The Kier molecular flexibility index (Phi) is 4.10. The molecule has 1 N–H and O–H groups in total. The number of ether oxygens (including phenoxy) is 1. The summed E-state index contributed by atoms with van der Waals surface area (Å²) >= 11 is 0. The van der Waals surface area contributed by atoms with Gasteiger partial charge in [0.25, 0.3) is 5.91 Å². The molecule has 3 heterocycles. The summed E-state index contributed by atoms with van der Waals surface area (Å²) in [5.41, 5.74) is 0.309. The van der Waals surface area contributed by atoms with Crippen molar-refractivity contribution in [2.75, 3.05) is 18.5 Å². The Labute approximate surface area is 140 Å². The maximum Gasteiger partial charge on any atom is 0.278 e. The second kappa shape index (κ2) is 6.39. The summed E-state index contributed by atoms with van der Waals surface area (Å²) in [6, 6.07) is 2.11. The number of aromatic nitrogens is 3. The van der Waals surface area contributed by atoms with Gasteiger partial charge in [-0.1, -0.05) is 0 Å². The molecule has 1 saturated heterocycles. The number of oxazole rings is 1. The summed E-state index contributed by atoms with van der Waals surface area (Å²) in [5.74, 6) is 1.97. The monoisotopic (exact) mass is 330 g/mol. The van der Waals surface area contributed by atoms with Gasteiger partial charge in [0.15, 0.2) is 11.6 Å². The van der Waals surface area contributed by atoms with Gasteiger partial charge in [0.1, 0.15) is 12.1 Å². The van der Waals surface area contributed by atoms with E-state index in [1.54, 1.807) is 6.20 Å². The van der Waals surface area contributed by atoms with Crippen LogP contribution in [0, 0.1) is 5.92 Å². The summed E-state index contributed by atoms with van der Waals surface area (Å²) in [7, 11) is 0. The molecule has 0 aromatic carbocycles. The predicted octanol–water partition coefficient (Wildman–Crippen LogP) is 2.99. The van der Waals surface area contributed by atoms with Gasteiger partial charge in [-0.25, -0.2) is 9.67 Å². The van der Waals surface area contributed by atoms with Crippen molar-refractivity contribution in [1.29, 1.82) is 0 Å². The molecule has 24 heavy (non-hydrogen) atoms. The molecule has 7 nitrogen and oxygen atoms in total. The fourth-order valence-corrected chi connectivity index (χ4v) is 3.22. The van der Waals surface area contributed by atoms with E-state index in [-0.39, 0.29) is 11.8 Å². The Morgan fingerprint density at radius 2 is 2.12 bits per heavy atom. The molecule has 1 amide bonds. The van der Waals surface area contributed by atoms with Crippen LogP contribution in [0.3, 0.4) is 0 Å². The maximum atomic E-state index is 12.5. The Morgan fingerprint density at radius 1 is 1.33 bits per heavy atom. The molecule has 2 aromatic heterocycles. The van der Waals surface area contributed by atoms with E-state index in [0.717, 1.165) is 12.8 Å². The lowest BCUT2D eigenvalue weighted by Crippen LogP contribution is -2.19. The van der Waals surface area contributed by atoms with Crippen LogP contribution in [0.2, 0.25) is 0 Å². The van der Waals surface area contributed by atoms with E-state index >= 15 is 0 Å². The minimum absolute atomic E-state index is 0.237. The van der Waals surface area contributed by atoms with Crippen molar-refractivity contribution in [3.8, 4) is 0 Å². The van der Waals surface area contributed by atoms with Crippen molar-refractivity contribution in [2.45, 2.75) is 44.6 Å². The third kappa shape index (κ3) is 3.08. The molecule has 128 valence electrons. The number of nitrogens with zero attached hydrogens (tertiary/aromatic N) is 3. The van der Waals surface area contributed by atoms with Crippen molar-refractivity contribution in [2.24, 2.45) is 5.92 Å². The van der Waals surface area contributed by atoms with Crippen LogP contribution < -0.4 is 5.32 Å². The lowest BCUT2D eigenvalue weighted by Gasteiger charge is -2.18. The molecule has 7 heteroatoms. The lowest BCUT2D eigenvalue weighted by atomic mass is 10.0. The maximum absolute atomic E-state index is 12.5. The van der Waals surface area contributed by atoms with Crippen molar-refractivity contribution in [3.63, 3.8) is 0 Å². The molecular weight excluding hydrogens is 308 g/mol. The number of anilines is 1.